The molecular weight excluding hydrogens is 232 g/mol. The zero-order valence-electron chi connectivity index (χ0n) is 11.5. The highest BCUT2D eigenvalue weighted by atomic mass is 16.4. The predicted molar refractivity (Wildman–Crippen MR) is 71.5 cm³/mol. The van der Waals surface area contributed by atoms with Crippen LogP contribution in [0.15, 0.2) is 12.7 Å². The summed E-state index contributed by atoms with van der Waals surface area (Å²) in [6, 6.07) is -0.245. The molecule has 18 heavy (non-hydrogen) atoms. The van der Waals surface area contributed by atoms with Gasteiger partial charge in [-0.1, -0.05) is 19.9 Å². The van der Waals surface area contributed by atoms with Crippen molar-refractivity contribution >= 4 is 12.0 Å². The fourth-order valence-electron chi connectivity index (χ4n) is 1.75. The van der Waals surface area contributed by atoms with Gasteiger partial charge in [-0.25, -0.2) is 4.79 Å². The predicted octanol–water partition coefficient (Wildman–Crippen LogP) is 2.09. The maximum atomic E-state index is 11.8. The molecule has 0 aromatic heterocycles. The highest BCUT2D eigenvalue weighted by Gasteiger charge is 2.35. The number of likely N-dealkylation sites (N-methyl/N-ethyl adjacent to an activating group) is 1. The van der Waals surface area contributed by atoms with Crippen molar-refractivity contribution in [2.24, 2.45) is 5.41 Å². The van der Waals surface area contributed by atoms with Gasteiger partial charge in [-0.15, -0.1) is 6.58 Å². The third-order valence-corrected chi connectivity index (χ3v) is 3.40. The molecule has 0 aliphatic rings. The Labute approximate surface area is 109 Å². The molecule has 0 atom stereocenters. The first-order valence-corrected chi connectivity index (χ1v) is 6.34. The summed E-state index contributed by atoms with van der Waals surface area (Å²) < 4.78 is 0. The number of hydrogen-bond acceptors (Lipinski definition) is 2. The Morgan fingerprint density at radius 1 is 1.33 bits per heavy atom. The van der Waals surface area contributed by atoms with Crippen LogP contribution in [0.2, 0.25) is 0 Å². The molecule has 0 fully saturated rings. The molecule has 0 aliphatic carbocycles. The number of hydrogen-bond donors (Lipinski definition) is 2. The summed E-state index contributed by atoms with van der Waals surface area (Å²) >= 11 is 0. The van der Waals surface area contributed by atoms with E-state index in [0.29, 0.717) is 25.9 Å². The van der Waals surface area contributed by atoms with E-state index in [0.717, 1.165) is 0 Å². The average Bonchev–Trinajstić information content (AvgIpc) is 2.37. The van der Waals surface area contributed by atoms with Crippen LogP contribution in [0.4, 0.5) is 4.79 Å². The summed E-state index contributed by atoms with van der Waals surface area (Å²) in [5.74, 6) is -0.862. The molecule has 0 rings (SSSR count). The highest BCUT2D eigenvalue weighted by Crippen LogP contribution is 2.25. The van der Waals surface area contributed by atoms with E-state index in [-0.39, 0.29) is 12.6 Å². The maximum Gasteiger partial charge on any atom is 0.317 e. The van der Waals surface area contributed by atoms with Gasteiger partial charge in [-0.05, 0) is 19.8 Å². The third kappa shape index (κ3) is 4.05. The van der Waals surface area contributed by atoms with E-state index < -0.39 is 11.4 Å². The molecule has 0 saturated heterocycles. The maximum absolute atomic E-state index is 11.8. The van der Waals surface area contributed by atoms with Gasteiger partial charge in [0.1, 0.15) is 0 Å². The van der Waals surface area contributed by atoms with Gasteiger partial charge in [0.25, 0.3) is 0 Å². The first kappa shape index (κ1) is 16.5. The second-order valence-electron chi connectivity index (χ2n) is 4.28. The van der Waals surface area contributed by atoms with Crippen LogP contribution in [0.25, 0.3) is 0 Å². The largest absolute Gasteiger partial charge is 0.481 e. The quantitative estimate of drug-likeness (QED) is 0.653. The van der Waals surface area contributed by atoms with Crippen LogP contribution in [-0.2, 0) is 4.79 Å². The lowest BCUT2D eigenvalue weighted by Gasteiger charge is -2.28. The van der Waals surface area contributed by atoms with Crippen LogP contribution in [0.3, 0.4) is 0 Å². The number of nitrogens with zero attached hydrogens (tertiary/aromatic N) is 1. The Balaban J connectivity index is 4.57. The van der Waals surface area contributed by atoms with Crippen molar-refractivity contribution in [2.45, 2.75) is 33.6 Å². The van der Waals surface area contributed by atoms with Crippen molar-refractivity contribution in [3.05, 3.63) is 12.7 Å². The molecule has 104 valence electrons. The van der Waals surface area contributed by atoms with Crippen molar-refractivity contribution in [1.29, 1.82) is 0 Å². The number of amides is 2. The van der Waals surface area contributed by atoms with Crippen molar-refractivity contribution < 1.29 is 14.7 Å². The minimum Gasteiger partial charge on any atom is -0.481 e. The van der Waals surface area contributed by atoms with Gasteiger partial charge in [-0.2, -0.15) is 0 Å². The van der Waals surface area contributed by atoms with Crippen LogP contribution in [-0.4, -0.2) is 41.6 Å². The lowest BCUT2D eigenvalue weighted by molar-refractivity contribution is -0.149. The van der Waals surface area contributed by atoms with E-state index in [9.17, 15) is 14.7 Å². The summed E-state index contributed by atoms with van der Waals surface area (Å²) in [6.45, 7) is 10.3. The number of carboxylic acids is 1. The minimum absolute atomic E-state index is 0.155. The minimum atomic E-state index is -0.872. The van der Waals surface area contributed by atoms with Gasteiger partial charge in [0.2, 0.25) is 0 Å². The van der Waals surface area contributed by atoms with E-state index in [1.807, 2.05) is 20.8 Å². The topological polar surface area (TPSA) is 69.6 Å². The summed E-state index contributed by atoms with van der Waals surface area (Å²) in [6.07, 6.45) is 2.63. The Morgan fingerprint density at radius 3 is 2.22 bits per heavy atom. The van der Waals surface area contributed by atoms with E-state index in [2.05, 4.69) is 11.9 Å². The van der Waals surface area contributed by atoms with Crippen LogP contribution in [0.5, 0.6) is 0 Å². The van der Waals surface area contributed by atoms with E-state index >= 15 is 0 Å². The molecule has 0 aromatic rings. The second kappa shape index (κ2) is 7.74. The standard InChI is InChI=1S/C13H24N2O3/c1-5-9-15(8-4)12(18)14-10-13(6-2,7-3)11(16)17/h5H,1,6-10H2,2-4H3,(H,14,18)(H,16,17). The number of aliphatic carboxylic acids is 1. The van der Waals surface area contributed by atoms with E-state index in [1.54, 1.807) is 11.0 Å². The summed E-state index contributed by atoms with van der Waals surface area (Å²) in [7, 11) is 0. The fraction of sp³-hybridized carbons (Fsp3) is 0.692. The van der Waals surface area contributed by atoms with Crippen LogP contribution < -0.4 is 5.32 Å². The van der Waals surface area contributed by atoms with Crippen molar-refractivity contribution in [1.82, 2.24) is 10.2 Å². The molecule has 0 spiro atoms. The number of carbonyl (C=O) groups is 2. The van der Waals surface area contributed by atoms with Gasteiger partial charge in [0, 0.05) is 19.6 Å². The van der Waals surface area contributed by atoms with Crippen molar-refractivity contribution in [3.8, 4) is 0 Å². The third-order valence-electron chi connectivity index (χ3n) is 3.40. The molecule has 0 aromatic carbocycles. The molecule has 2 N–H and O–H groups in total. The first-order chi connectivity index (χ1) is 8.47. The van der Waals surface area contributed by atoms with Gasteiger partial charge in [0.05, 0.1) is 5.41 Å². The summed E-state index contributed by atoms with van der Waals surface area (Å²) in [5.41, 5.74) is -0.872. The molecule has 0 radical (unpaired) electrons. The second-order valence-corrected chi connectivity index (χ2v) is 4.28. The summed E-state index contributed by atoms with van der Waals surface area (Å²) in [4.78, 5) is 24.7. The van der Waals surface area contributed by atoms with Crippen molar-refractivity contribution in [2.75, 3.05) is 19.6 Å². The molecule has 2 amide bonds. The molecule has 5 heteroatoms. The van der Waals surface area contributed by atoms with Gasteiger partial charge >= 0.3 is 12.0 Å². The SMILES string of the molecule is C=CCN(CC)C(=O)NCC(CC)(CC)C(=O)O. The summed E-state index contributed by atoms with van der Waals surface area (Å²) in [5, 5.41) is 12.0. The normalized spacial score (nSPS) is 10.8. The Hall–Kier alpha value is -1.52. The van der Waals surface area contributed by atoms with E-state index in [1.165, 1.54) is 0 Å². The highest BCUT2D eigenvalue weighted by molar-refractivity contribution is 5.78. The zero-order valence-corrected chi connectivity index (χ0v) is 11.5. The first-order valence-electron chi connectivity index (χ1n) is 6.34. The number of rotatable bonds is 8. The molecule has 0 saturated carbocycles. The number of carboxylic acid groups (broad SMARTS) is 1. The zero-order chi connectivity index (χ0) is 14.2. The molecule has 0 aliphatic heterocycles. The van der Waals surface area contributed by atoms with Crippen LogP contribution in [0.1, 0.15) is 33.6 Å². The average molecular weight is 256 g/mol. The number of urea groups is 1. The van der Waals surface area contributed by atoms with Crippen LogP contribution >= 0.6 is 0 Å². The van der Waals surface area contributed by atoms with Gasteiger partial charge in [0.15, 0.2) is 0 Å². The van der Waals surface area contributed by atoms with Gasteiger partial charge in [-0.3, -0.25) is 4.79 Å². The van der Waals surface area contributed by atoms with E-state index in [4.69, 9.17) is 0 Å². The molecule has 0 heterocycles. The lowest BCUT2D eigenvalue weighted by Crippen LogP contribution is -2.47. The molecule has 0 unspecified atom stereocenters. The van der Waals surface area contributed by atoms with Crippen molar-refractivity contribution in [3.63, 3.8) is 0 Å². The van der Waals surface area contributed by atoms with Gasteiger partial charge < -0.3 is 15.3 Å². The molecule has 5 nitrogen and oxygen atoms in total. The van der Waals surface area contributed by atoms with Crippen LogP contribution in [0, 0.1) is 5.41 Å². The lowest BCUT2D eigenvalue weighted by atomic mass is 9.82. The monoisotopic (exact) mass is 256 g/mol. The number of carbonyl (C=O) groups excluding carboxylic acids is 1. The fourth-order valence-corrected chi connectivity index (χ4v) is 1.75. The number of nitrogens with one attached hydrogen (secondary N) is 1. The molecular formula is C13H24N2O3. The Morgan fingerprint density at radius 2 is 1.89 bits per heavy atom. The Kier molecular flexibility index (Phi) is 7.08. The smallest absolute Gasteiger partial charge is 0.317 e. The Bertz CT molecular complexity index is 299. The molecule has 0 bridgehead atoms.